The molecule has 2 aromatic heterocycles. The number of nitrogens with one attached hydrogen (secondary N) is 2. The second kappa shape index (κ2) is 6.23. The Balaban J connectivity index is 1.90. The number of carbonyl (C=O) groups is 1. The summed E-state index contributed by atoms with van der Waals surface area (Å²) in [7, 11) is 1.53. The number of carbonyl (C=O) groups excluding carboxylic acids is 1. The largest absolute Gasteiger partial charge is 0.399 e. The number of rotatable bonds is 3. The molecule has 0 aliphatic carbocycles. The monoisotopic (exact) mass is 346 g/mol. The molecular weight excluding hydrogens is 332 g/mol. The summed E-state index contributed by atoms with van der Waals surface area (Å²) < 4.78 is 0. The fourth-order valence-corrected chi connectivity index (χ4v) is 3.72. The maximum absolute atomic E-state index is 11.3. The van der Waals surface area contributed by atoms with E-state index in [4.69, 9.17) is 11.5 Å². The number of urea groups is 1. The van der Waals surface area contributed by atoms with E-state index in [0.717, 1.165) is 21.1 Å². The Hall–Kier alpha value is -2.65. The van der Waals surface area contributed by atoms with Crippen molar-refractivity contribution in [3.8, 4) is 21.1 Å². The predicted molar refractivity (Wildman–Crippen MR) is 95.6 cm³/mol. The Morgan fingerprint density at radius 2 is 2.09 bits per heavy atom. The van der Waals surface area contributed by atoms with Crippen LogP contribution in [0.5, 0.6) is 0 Å². The van der Waals surface area contributed by atoms with E-state index < -0.39 is 0 Å². The average molecular weight is 346 g/mol. The van der Waals surface area contributed by atoms with Gasteiger partial charge >= 0.3 is 6.03 Å². The Bertz CT molecular complexity index is 857. The molecule has 0 atom stereocenters. The molecule has 9 heteroatoms. The van der Waals surface area contributed by atoms with E-state index in [2.05, 4.69) is 20.6 Å². The second-order valence-corrected chi connectivity index (χ2v) is 6.46. The zero-order valence-corrected chi connectivity index (χ0v) is 13.8. The molecule has 0 bridgehead atoms. The highest BCUT2D eigenvalue weighted by Gasteiger charge is 2.16. The Morgan fingerprint density at radius 3 is 2.83 bits per heavy atom. The van der Waals surface area contributed by atoms with Crippen LogP contribution in [0.2, 0.25) is 0 Å². The number of nitrogen functional groups attached to an aromatic ring is 2. The van der Waals surface area contributed by atoms with Crippen molar-refractivity contribution >= 4 is 45.3 Å². The van der Waals surface area contributed by atoms with Crippen LogP contribution in [-0.2, 0) is 0 Å². The summed E-state index contributed by atoms with van der Waals surface area (Å²) in [6.07, 6.45) is 0. The highest BCUT2D eigenvalue weighted by Crippen LogP contribution is 2.38. The van der Waals surface area contributed by atoms with Crippen molar-refractivity contribution in [2.75, 3.05) is 23.8 Å². The van der Waals surface area contributed by atoms with E-state index in [1.807, 2.05) is 29.6 Å². The number of nitrogens with two attached hydrogens (primary N) is 2. The van der Waals surface area contributed by atoms with Crippen LogP contribution in [0.15, 0.2) is 29.6 Å². The smallest absolute Gasteiger partial charge is 0.320 e. The van der Waals surface area contributed by atoms with Gasteiger partial charge in [-0.05, 0) is 12.1 Å². The summed E-state index contributed by atoms with van der Waals surface area (Å²) in [5.74, 6) is 0.342. The van der Waals surface area contributed by atoms with Gasteiger partial charge in [-0.15, -0.1) is 11.3 Å². The van der Waals surface area contributed by atoms with E-state index in [1.54, 1.807) is 0 Å². The maximum Gasteiger partial charge on any atom is 0.320 e. The van der Waals surface area contributed by atoms with Crippen LogP contribution in [0.3, 0.4) is 0 Å². The number of hydrogen-bond acceptors (Lipinski definition) is 7. The number of amides is 2. The van der Waals surface area contributed by atoms with Gasteiger partial charge in [-0.3, -0.25) is 5.32 Å². The van der Waals surface area contributed by atoms with Gasteiger partial charge in [-0.25, -0.2) is 14.8 Å². The first-order valence-corrected chi connectivity index (χ1v) is 8.33. The predicted octanol–water partition coefficient (Wildman–Crippen LogP) is 2.85. The molecule has 118 valence electrons. The lowest BCUT2D eigenvalue weighted by Crippen LogP contribution is -2.24. The SMILES string of the molecule is CNC(=O)Nc1nc(N)c(-c2nc(-c3cccc(N)c3)cs2)s1. The lowest BCUT2D eigenvalue weighted by Gasteiger charge is -1.98. The minimum absolute atomic E-state index is 0.342. The summed E-state index contributed by atoms with van der Waals surface area (Å²) in [5, 5.41) is 8.19. The molecule has 1 aromatic carbocycles. The molecule has 0 saturated carbocycles. The standard InChI is InChI=1S/C14H14N6OS2/c1-17-13(21)20-14-19-11(16)10(23-14)12-18-9(6-22-12)7-3-2-4-8(15)5-7/h2-6H,15-16H2,1H3,(H2,17,19,20,21). The normalized spacial score (nSPS) is 10.5. The molecule has 2 heterocycles. The molecule has 0 aliphatic rings. The molecule has 0 unspecified atom stereocenters. The van der Waals surface area contributed by atoms with Gasteiger partial charge in [0.2, 0.25) is 0 Å². The van der Waals surface area contributed by atoms with Crippen LogP contribution in [0.1, 0.15) is 0 Å². The molecule has 3 rings (SSSR count). The first kappa shape index (κ1) is 15.3. The van der Waals surface area contributed by atoms with Crippen molar-refractivity contribution in [2.24, 2.45) is 0 Å². The van der Waals surface area contributed by atoms with Crippen molar-refractivity contribution in [2.45, 2.75) is 0 Å². The summed E-state index contributed by atoms with van der Waals surface area (Å²) in [4.78, 5) is 20.8. The third-order valence-electron chi connectivity index (χ3n) is 2.98. The fraction of sp³-hybridized carbons (Fsp3) is 0.0714. The van der Waals surface area contributed by atoms with Gasteiger partial charge < -0.3 is 16.8 Å². The highest BCUT2D eigenvalue weighted by molar-refractivity contribution is 7.23. The maximum atomic E-state index is 11.3. The van der Waals surface area contributed by atoms with Gasteiger partial charge in [0.1, 0.15) is 15.7 Å². The van der Waals surface area contributed by atoms with Gasteiger partial charge in [0, 0.05) is 23.7 Å². The van der Waals surface area contributed by atoms with E-state index in [9.17, 15) is 4.79 Å². The van der Waals surface area contributed by atoms with Crippen LogP contribution in [0.4, 0.5) is 21.4 Å². The number of nitrogens with zero attached hydrogens (tertiary/aromatic N) is 2. The van der Waals surface area contributed by atoms with E-state index in [-0.39, 0.29) is 6.03 Å². The first-order chi connectivity index (χ1) is 11.1. The molecule has 0 aliphatic heterocycles. The van der Waals surface area contributed by atoms with Gasteiger partial charge in [0.25, 0.3) is 0 Å². The third-order valence-corrected chi connectivity index (χ3v) is 4.96. The molecule has 6 N–H and O–H groups in total. The number of thiazole rings is 2. The fourth-order valence-electron chi connectivity index (χ4n) is 1.91. The molecule has 2 amide bonds. The third kappa shape index (κ3) is 3.25. The topological polar surface area (TPSA) is 119 Å². The summed E-state index contributed by atoms with van der Waals surface area (Å²) >= 11 is 2.75. The van der Waals surface area contributed by atoms with Gasteiger partial charge in [0.15, 0.2) is 5.13 Å². The second-order valence-electron chi connectivity index (χ2n) is 4.60. The van der Waals surface area contributed by atoms with Crippen molar-refractivity contribution < 1.29 is 4.79 Å². The van der Waals surface area contributed by atoms with Crippen molar-refractivity contribution in [3.05, 3.63) is 29.6 Å². The summed E-state index contributed by atoms with van der Waals surface area (Å²) in [6.45, 7) is 0. The Labute approximate surface area is 140 Å². The molecular formula is C14H14N6OS2. The van der Waals surface area contributed by atoms with Crippen LogP contribution >= 0.6 is 22.7 Å². The average Bonchev–Trinajstić information content (AvgIpc) is 3.14. The quantitative estimate of drug-likeness (QED) is 0.544. The van der Waals surface area contributed by atoms with Gasteiger partial charge in [0.05, 0.1) is 5.69 Å². The molecule has 0 spiro atoms. The Kier molecular flexibility index (Phi) is 4.13. The molecule has 7 nitrogen and oxygen atoms in total. The number of anilines is 3. The first-order valence-electron chi connectivity index (χ1n) is 6.63. The number of benzene rings is 1. The van der Waals surface area contributed by atoms with Crippen molar-refractivity contribution in [1.82, 2.24) is 15.3 Å². The minimum Gasteiger partial charge on any atom is -0.399 e. The minimum atomic E-state index is -0.343. The lowest BCUT2D eigenvalue weighted by atomic mass is 10.1. The number of aromatic nitrogens is 2. The number of hydrogen-bond donors (Lipinski definition) is 4. The zero-order valence-electron chi connectivity index (χ0n) is 12.2. The van der Waals surface area contributed by atoms with Crippen molar-refractivity contribution in [1.29, 1.82) is 0 Å². The molecule has 0 fully saturated rings. The molecule has 3 aromatic rings. The van der Waals surface area contributed by atoms with E-state index in [1.165, 1.54) is 29.7 Å². The van der Waals surface area contributed by atoms with E-state index in [0.29, 0.717) is 16.6 Å². The summed E-state index contributed by atoms with van der Waals surface area (Å²) in [5.41, 5.74) is 14.2. The summed E-state index contributed by atoms with van der Waals surface area (Å²) in [6, 6.07) is 7.19. The Morgan fingerprint density at radius 1 is 1.26 bits per heavy atom. The van der Waals surface area contributed by atoms with Gasteiger partial charge in [-0.2, -0.15) is 0 Å². The van der Waals surface area contributed by atoms with Gasteiger partial charge in [-0.1, -0.05) is 23.5 Å². The van der Waals surface area contributed by atoms with Crippen LogP contribution in [-0.4, -0.2) is 23.0 Å². The van der Waals surface area contributed by atoms with Crippen LogP contribution in [0.25, 0.3) is 21.1 Å². The van der Waals surface area contributed by atoms with E-state index >= 15 is 0 Å². The highest BCUT2D eigenvalue weighted by atomic mass is 32.1. The van der Waals surface area contributed by atoms with Crippen molar-refractivity contribution in [3.63, 3.8) is 0 Å². The van der Waals surface area contributed by atoms with Crippen LogP contribution < -0.4 is 22.1 Å². The molecule has 0 saturated heterocycles. The molecule has 23 heavy (non-hydrogen) atoms. The zero-order chi connectivity index (χ0) is 16.4. The van der Waals surface area contributed by atoms with Crippen LogP contribution in [0, 0.1) is 0 Å². The molecule has 0 radical (unpaired) electrons. The lowest BCUT2D eigenvalue weighted by molar-refractivity contribution is 0.254.